The lowest BCUT2D eigenvalue weighted by Gasteiger charge is -2.38. The topological polar surface area (TPSA) is 43.8 Å². The van der Waals surface area contributed by atoms with E-state index in [9.17, 15) is 0 Å². The zero-order chi connectivity index (χ0) is 14.0. The van der Waals surface area contributed by atoms with Gasteiger partial charge in [-0.2, -0.15) is 5.10 Å². The van der Waals surface area contributed by atoms with Crippen LogP contribution in [-0.4, -0.2) is 16.3 Å². The Morgan fingerprint density at radius 2 is 2.05 bits per heavy atom. The fraction of sp³-hybridized carbons (Fsp3) is 0.800. The molecule has 1 aromatic rings. The SMILES string of the molecule is CCn1nc(C)c(Cl)c1CC1(CN)CCC(C)CC1. The zero-order valence-corrected chi connectivity index (χ0v) is 13.1. The molecule has 2 N–H and O–H groups in total. The fourth-order valence-corrected chi connectivity index (χ4v) is 3.42. The highest BCUT2D eigenvalue weighted by molar-refractivity contribution is 6.31. The van der Waals surface area contributed by atoms with E-state index in [0.29, 0.717) is 0 Å². The summed E-state index contributed by atoms with van der Waals surface area (Å²) in [6, 6.07) is 0. The molecule has 3 nitrogen and oxygen atoms in total. The number of aryl methyl sites for hydroxylation is 2. The predicted octanol–water partition coefficient (Wildman–Crippen LogP) is 3.56. The Morgan fingerprint density at radius 3 is 2.58 bits per heavy atom. The molecule has 0 radical (unpaired) electrons. The van der Waals surface area contributed by atoms with Crippen LogP contribution in [-0.2, 0) is 13.0 Å². The number of aromatic nitrogens is 2. The Balaban J connectivity index is 2.23. The van der Waals surface area contributed by atoms with Crippen molar-refractivity contribution >= 4 is 11.6 Å². The predicted molar refractivity (Wildman–Crippen MR) is 80.5 cm³/mol. The molecule has 0 amide bonds. The van der Waals surface area contributed by atoms with E-state index in [2.05, 4.69) is 18.9 Å². The monoisotopic (exact) mass is 283 g/mol. The number of rotatable bonds is 4. The molecule has 1 fully saturated rings. The molecule has 19 heavy (non-hydrogen) atoms. The maximum atomic E-state index is 6.44. The van der Waals surface area contributed by atoms with Gasteiger partial charge in [-0.25, -0.2) is 0 Å². The van der Waals surface area contributed by atoms with Crippen molar-refractivity contribution in [3.8, 4) is 0 Å². The lowest BCUT2D eigenvalue weighted by Crippen LogP contribution is -2.37. The quantitative estimate of drug-likeness (QED) is 0.918. The van der Waals surface area contributed by atoms with Crippen LogP contribution in [0.3, 0.4) is 0 Å². The summed E-state index contributed by atoms with van der Waals surface area (Å²) in [5.74, 6) is 0.841. The Bertz CT molecular complexity index is 431. The second-order valence-corrected chi connectivity index (χ2v) is 6.60. The summed E-state index contributed by atoms with van der Waals surface area (Å²) < 4.78 is 2.05. The average Bonchev–Trinajstić information content (AvgIpc) is 2.69. The molecule has 0 aliphatic heterocycles. The van der Waals surface area contributed by atoms with Gasteiger partial charge in [0.15, 0.2) is 0 Å². The molecule has 0 unspecified atom stereocenters. The Labute approximate surface area is 121 Å². The fourth-order valence-electron chi connectivity index (χ4n) is 3.22. The van der Waals surface area contributed by atoms with Crippen LogP contribution in [0.25, 0.3) is 0 Å². The Morgan fingerprint density at radius 1 is 1.42 bits per heavy atom. The molecule has 1 aliphatic carbocycles. The van der Waals surface area contributed by atoms with Gasteiger partial charge in [-0.1, -0.05) is 31.4 Å². The Kier molecular flexibility index (Phi) is 4.57. The number of nitrogens with zero attached hydrogens (tertiary/aromatic N) is 2. The molecule has 1 aromatic heterocycles. The van der Waals surface area contributed by atoms with Crippen LogP contribution < -0.4 is 5.73 Å². The number of hydrogen-bond donors (Lipinski definition) is 1. The third kappa shape index (κ3) is 2.97. The first-order chi connectivity index (χ1) is 9.01. The maximum absolute atomic E-state index is 6.44. The maximum Gasteiger partial charge on any atom is 0.0847 e. The van der Waals surface area contributed by atoms with Crippen LogP contribution >= 0.6 is 11.6 Å². The van der Waals surface area contributed by atoms with Crippen LogP contribution in [0.1, 0.15) is 50.9 Å². The van der Waals surface area contributed by atoms with Gasteiger partial charge in [0.25, 0.3) is 0 Å². The average molecular weight is 284 g/mol. The smallest absolute Gasteiger partial charge is 0.0847 e. The van der Waals surface area contributed by atoms with Crippen molar-refractivity contribution in [3.63, 3.8) is 0 Å². The first-order valence-corrected chi connectivity index (χ1v) is 7.81. The van der Waals surface area contributed by atoms with Crippen LogP contribution in [0.15, 0.2) is 0 Å². The summed E-state index contributed by atoms with van der Waals surface area (Å²) in [5.41, 5.74) is 8.46. The first kappa shape index (κ1) is 14.9. The van der Waals surface area contributed by atoms with Gasteiger partial charge < -0.3 is 5.73 Å². The Hall–Kier alpha value is -0.540. The molecular weight excluding hydrogens is 258 g/mol. The highest BCUT2D eigenvalue weighted by Gasteiger charge is 2.35. The van der Waals surface area contributed by atoms with E-state index in [4.69, 9.17) is 17.3 Å². The minimum absolute atomic E-state index is 0.232. The standard InChI is InChI=1S/C15H26ClN3/c1-4-19-13(14(16)12(3)18-19)9-15(10-17)7-5-11(2)6-8-15/h11H,4-10,17H2,1-3H3. The van der Waals surface area contributed by atoms with Gasteiger partial charge in [-0.05, 0) is 51.0 Å². The van der Waals surface area contributed by atoms with Crippen molar-refractivity contribution in [1.29, 1.82) is 0 Å². The van der Waals surface area contributed by atoms with Crippen LogP contribution in [0, 0.1) is 18.3 Å². The molecule has 108 valence electrons. The van der Waals surface area contributed by atoms with Crippen LogP contribution in [0.4, 0.5) is 0 Å². The lowest BCUT2D eigenvalue weighted by molar-refractivity contribution is 0.160. The summed E-state index contributed by atoms with van der Waals surface area (Å²) in [6.07, 6.45) is 5.98. The molecule has 0 bridgehead atoms. The molecule has 1 aliphatic rings. The first-order valence-electron chi connectivity index (χ1n) is 7.43. The van der Waals surface area contributed by atoms with E-state index < -0.39 is 0 Å². The van der Waals surface area contributed by atoms with Gasteiger partial charge in [0.2, 0.25) is 0 Å². The lowest BCUT2D eigenvalue weighted by atomic mass is 9.68. The van der Waals surface area contributed by atoms with Gasteiger partial charge in [-0.3, -0.25) is 4.68 Å². The van der Waals surface area contributed by atoms with E-state index in [1.165, 1.54) is 31.4 Å². The molecular formula is C15H26ClN3. The van der Waals surface area contributed by atoms with Crippen LogP contribution in [0.5, 0.6) is 0 Å². The van der Waals surface area contributed by atoms with Crippen molar-refractivity contribution in [2.45, 2.75) is 59.4 Å². The molecule has 1 heterocycles. The zero-order valence-electron chi connectivity index (χ0n) is 12.4. The summed E-state index contributed by atoms with van der Waals surface area (Å²) in [6.45, 7) is 8.07. The minimum atomic E-state index is 0.232. The molecule has 0 aromatic carbocycles. The molecule has 2 rings (SSSR count). The van der Waals surface area contributed by atoms with Gasteiger partial charge >= 0.3 is 0 Å². The number of halogens is 1. The number of hydrogen-bond acceptors (Lipinski definition) is 2. The number of nitrogens with two attached hydrogens (primary N) is 1. The molecule has 0 spiro atoms. The molecule has 1 saturated carbocycles. The van der Waals surface area contributed by atoms with Crippen molar-refractivity contribution in [3.05, 3.63) is 16.4 Å². The molecule has 0 saturated heterocycles. The van der Waals surface area contributed by atoms with Gasteiger partial charge in [0.1, 0.15) is 0 Å². The summed E-state index contributed by atoms with van der Waals surface area (Å²) in [4.78, 5) is 0. The second-order valence-electron chi connectivity index (χ2n) is 6.23. The normalized spacial score (nSPS) is 27.7. The van der Waals surface area contributed by atoms with E-state index in [0.717, 1.165) is 36.1 Å². The van der Waals surface area contributed by atoms with Crippen molar-refractivity contribution in [2.24, 2.45) is 17.1 Å². The van der Waals surface area contributed by atoms with Crippen molar-refractivity contribution in [2.75, 3.05) is 6.54 Å². The highest BCUT2D eigenvalue weighted by Crippen LogP contribution is 2.41. The summed E-state index contributed by atoms with van der Waals surface area (Å²) in [5, 5.41) is 5.36. The molecule has 0 atom stereocenters. The summed E-state index contributed by atoms with van der Waals surface area (Å²) in [7, 11) is 0. The second kappa shape index (κ2) is 5.84. The van der Waals surface area contributed by atoms with Crippen molar-refractivity contribution < 1.29 is 0 Å². The summed E-state index contributed by atoms with van der Waals surface area (Å²) >= 11 is 6.44. The van der Waals surface area contributed by atoms with Crippen molar-refractivity contribution in [1.82, 2.24) is 9.78 Å². The molecule has 4 heteroatoms. The third-order valence-electron chi connectivity index (χ3n) is 4.76. The van der Waals surface area contributed by atoms with E-state index in [-0.39, 0.29) is 5.41 Å². The minimum Gasteiger partial charge on any atom is -0.330 e. The van der Waals surface area contributed by atoms with E-state index >= 15 is 0 Å². The largest absolute Gasteiger partial charge is 0.330 e. The van der Waals surface area contributed by atoms with E-state index in [1.54, 1.807) is 0 Å². The van der Waals surface area contributed by atoms with Gasteiger partial charge in [0, 0.05) is 6.54 Å². The van der Waals surface area contributed by atoms with E-state index in [1.807, 2.05) is 11.6 Å². The highest BCUT2D eigenvalue weighted by atomic mass is 35.5. The third-order valence-corrected chi connectivity index (χ3v) is 5.25. The van der Waals surface area contributed by atoms with Crippen LogP contribution in [0.2, 0.25) is 5.02 Å². The van der Waals surface area contributed by atoms with Gasteiger partial charge in [0.05, 0.1) is 16.4 Å². The van der Waals surface area contributed by atoms with Gasteiger partial charge in [-0.15, -0.1) is 0 Å².